The van der Waals surface area contributed by atoms with Crippen molar-refractivity contribution in [1.82, 2.24) is 24.1 Å². The maximum absolute atomic E-state index is 12.8. The molecule has 1 aliphatic carbocycles. The van der Waals surface area contributed by atoms with Crippen molar-refractivity contribution in [2.75, 3.05) is 23.7 Å². The number of hydrogen-bond donors (Lipinski definition) is 4. The van der Waals surface area contributed by atoms with Crippen LogP contribution in [0.3, 0.4) is 0 Å². The number of pyridine rings is 2. The fourth-order valence-electron chi connectivity index (χ4n) is 7.48. The Morgan fingerprint density at radius 3 is 1.45 bits per heavy atom. The van der Waals surface area contributed by atoms with Crippen LogP contribution in [-0.4, -0.2) is 67.2 Å². The van der Waals surface area contributed by atoms with Crippen molar-refractivity contribution in [3.05, 3.63) is 156 Å². The van der Waals surface area contributed by atoms with Crippen molar-refractivity contribution in [1.29, 1.82) is 0 Å². The quantitative estimate of drug-likeness (QED) is 0.0739. The number of carbonyl (C=O) groups excluding carboxylic acids is 1. The first-order valence-corrected chi connectivity index (χ1v) is 21.8. The monoisotopic (exact) mass is 949 g/mol. The van der Waals surface area contributed by atoms with Crippen LogP contribution in [0.4, 0.5) is 37.7 Å². The predicted octanol–water partition coefficient (Wildman–Crippen LogP) is 12.5. The molecule has 1 saturated carbocycles. The van der Waals surface area contributed by atoms with Crippen LogP contribution in [0.15, 0.2) is 134 Å². The van der Waals surface area contributed by atoms with E-state index in [0.717, 1.165) is 29.7 Å². The van der Waals surface area contributed by atoms with Gasteiger partial charge in [-0.3, -0.25) is 13.6 Å². The number of nitrogens with zero attached hydrogens (tertiary/aromatic N) is 4. The highest BCUT2D eigenvalue weighted by Gasteiger charge is 2.28. The third-order valence-corrected chi connectivity index (χ3v) is 11.0. The number of carbonyl (C=O) groups is 2. The molecule has 4 aromatic heterocycles. The fourth-order valence-corrected chi connectivity index (χ4v) is 7.48. The number of rotatable bonds is 15. The topological polar surface area (TPSA) is 144 Å². The summed E-state index contributed by atoms with van der Waals surface area (Å²) >= 11 is 0. The normalized spacial score (nSPS) is 12.6. The van der Waals surface area contributed by atoms with Gasteiger partial charge in [0.1, 0.15) is 23.0 Å². The number of anilines is 2. The molecule has 18 heteroatoms. The number of fused-ring (bicyclic) bond motifs is 2. The molecule has 69 heavy (non-hydrogen) atoms. The van der Waals surface area contributed by atoms with E-state index >= 15 is 0 Å². The van der Waals surface area contributed by atoms with Crippen LogP contribution in [0.1, 0.15) is 57.5 Å². The number of imidazole rings is 2. The number of aryl methyl sites for hydroxylation is 2. The first kappa shape index (κ1) is 47.5. The van der Waals surface area contributed by atoms with Crippen LogP contribution >= 0.6 is 0 Å². The second-order valence-corrected chi connectivity index (χ2v) is 16.4. The van der Waals surface area contributed by atoms with E-state index < -0.39 is 31.2 Å². The number of carboxylic acid groups (broad SMARTS) is 1. The summed E-state index contributed by atoms with van der Waals surface area (Å²) < 4.78 is 91.7. The molecule has 9 rings (SSSR count). The predicted molar refractivity (Wildman–Crippen MR) is 250 cm³/mol. The number of nitrogens with one attached hydrogen (secondary N) is 3. The summed E-state index contributed by atoms with van der Waals surface area (Å²) in [5.74, 6) is 0.908. The fraction of sp³-hybridized carbons (Fsp3) is 0.216. The Morgan fingerprint density at radius 2 is 1.06 bits per heavy atom. The molecule has 0 saturated heterocycles. The molecule has 0 radical (unpaired) electrons. The van der Waals surface area contributed by atoms with Crippen LogP contribution in [0.2, 0.25) is 0 Å². The molecular formula is C51H45F6N7O5. The zero-order valence-corrected chi connectivity index (χ0v) is 37.2. The number of aromatic nitrogens is 4. The number of halogens is 6. The van der Waals surface area contributed by atoms with E-state index in [0.29, 0.717) is 68.1 Å². The Hall–Kier alpha value is -8.02. The van der Waals surface area contributed by atoms with Crippen molar-refractivity contribution in [3.8, 4) is 45.5 Å². The standard InChI is InChI=1S/C27H25F3N4O2.C24H20F3N3O3/c1-17-13-18(7-10-22(17)26(35)33-19-8-9-19)24-15-32-25-23(31-12-11-27(28,29)30)14-21(16-34(24)25)36-20-5-3-2-4-6-20;1-15-11-16(7-8-19(15)23(31)32)21-13-29-22-20(28-10-9-24(25,26)27)12-18(14-30(21)22)33-17-5-3-2-4-6-17/h2-7,10,13-16,19,31H,8-9,11-12H2,1H3,(H,33,35);2-8,11-14,28H,9-10H2,1H3,(H,31,32). The Kier molecular flexibility index (Phi) is 13.8. The number of amides is 1. The molecule has 4 aromatic carbocycles. The molecule has 4 N–H and O–H groups in total. The molecule has 4 heterocycles. The van der Waals surface area contributed by atoms with E-state index in [-0.39, 0.29) is 30.6 Å². The van der Waals surface area contributed by atoms with E-state index in [9.17, 15) is 41.0 Å². The number of para-hydroxylation sites is 2. The van der Waals surface area contributed by atoms with Gasteiger partial charge in [-0.25, -0.2) is 14.8 Å². The van der Waals surface area contributed by atoms with Gasteiger partial charge in [-0.05, 0) is 86.3 Å². The van der Waals surface area contributed by atoms with Gasteiger partial charge in [-0.2, -0.15) is 26.3 Å². The molecule has 1 aliphatic rings. The zero-order chi connectivity index (χ0) is 48.9. The Morgan fingerprint density at radius 1 is 0.623 bits per heavy atom. The lowest BCUT2D eigenvalue weighted by Gasteiger charge is -2.14. The number of carboxylic acids is 1. The summed E-state index contributed by atoms with van der Waals surface area (Å²) in [5, 5.41) is 18.0. The molecule has 0 unspecified atom stereocenters. The highest BCUT2D eigenvalue weighted by molar-refractivity contribution is 5.96. The van der Waals surface area contributed by atoms with Gasteiger partial charge in [0.05, 0.1) is 66.0 Å². The Balaban J connectivity index is 0.000000187. The van der Waals surface area contributed by atoms with Crippen molar-refractivity contribution in [3.63, 3.8) is 0 Å². The largest absolute Gasteiger partial charge is 0.478 e. The average molecular weight is 950 g/mol. The van der Waals surface area contributed by atoms with Gasteiger partial charge >= 0.3 is 18.3 Å². The van der Waals surface area contributed by atoms with Gasteiger partial charge in [0, 0.05) is 48.0 Å². The highest BCUT2D eigenvalue weighted by atomic mass is 19.4. The van der Waals surface area contributed by atoms with E-state index in [4.69, 9.17) is 9.47 Å². The molecular weight excluding hydrogens is 905 g/mol. The van der Waals surface area contributed by atoms with Gasteiger partial charge in [-0.15, -0.1) is 0 Å². The van der Waals surface area contributed by atoms with Gasteiger partial charge in [0.25, 0.3) is 5.91 Å². The summed E-state index contributed by atoms with van der Waals surface area (Å²) in [6.45, 7) is 2.97. The Labute approximate surface area is 391 Å². The summed E-state index contributed by atoms with van der Waals surface area (Å²) in [4.78, 5) is 32.7. The molecule has 356 valence electrons. The molecule has 1 fully saturated rings. The third kappa shape index (κ3) is 12.1. The lowest BCUT2D eigenvalue weighted by atomic mass is 10.0. The number of alkyl halides is 6. The molecule has 8 aromatic rings. The molecule has 0 spiro atoms. The number of hydrogen-bond acceptors (Lipinski definition) is 8. The maximum Gasteiger partial charge on any atom is 0.390 e. The van der Waals surface area contributed by atoms with E-state index in [1.807, 2.05) is 55.5 Å². The first-order chi connectivity index (χ1) is 33.0. The van der Waals surface area contributed by atoms with E-state index in [2.05, 4.69) is 25.9 Å². The van der Waals surface area contributed by atoms with Crippen molar-refractivity contribution in [2.24, 2.45) is 0 Å². The summed E-state index contributed by atoms with van der Waals surface area (Å²) in [6, 6.07) is 32.1. The molecule has 12 nitrogen and oxygen atoms in total. The second kappa shape index (κ2) is 20.1. The lowest BCUT2D eigenvalue weighted by Crippen LogP contribution is -2.26. The van der Waals surface area contributed by atoms with Crippen LogP contribution in [0.5, 0.6) is 23.0 Å². The number of ether oxygens (including phenoxy) is 2. The van der Waals surface area contributed by atoms with Crippen LogP contribution in [0.25, 0.3) is 33.8 Å². The van der Waals surface area contributed by atoms with Gasteiger partial charge in [-0.1, -0.05) is 48.5 Å². The van der Waals surface area contributed by atoms with Crippen LogP contribution < -0.4 is 25.4 Å². The molecule has 0 aliphatic heterocycles. The minimum absolute atomic E-state index is 0.0885. The summed E-state index contributed by atoms with van der Waals surface area (Å²) in [6.07, 6.45) is -1.80. The molecule has 0 atom stereocenters. The second-order valence-electron chi connectivity index (χ2n) is 16.4. The van der Waals surface area contributed by atoms with Crippen molar-refractivity contribution >= 4 is 34.5 Å². The Bertz CT molecular complexity index is 3110. The van der Waals surface area contributed by atoms with Crippen LogP contribution in [0, 0.1) is 13.8 Å². The molecule has 0 bridgehead atoms. The highest BCUT2D eigenvalue weighted by Crippen LogP contribution is 2.35. The maximum atomic E-state index is 12.8. The lowest BCUT2D eigenvalue weighted by molar-refractivity contribution is -0.132. The molecule has 1 amide bonds. The van der Waals surface area contributed by atoms with Crippen molar-refractivity contribution in [2.45, 2.75) is 57.9 Å². The van der Waals surface area contributed by atoms with Gasteiger partial charge in [0.15, 0.2) is 11.3 Å². The zero-order valence-electron chi connectivity index (χ0n) is 37.2. The summed E-state index contributed by atoms with van der Waals surface area (Å²) in [5.41, 5.74) is 6.81. The van der Waals surface area contributed by atoms with Gasteiger partial charge in [0.2, 0.25) is 0 Å². The number of aromatic carboxylic acids is 1. The van der Waals surface area contributed by atoms with E-state index in [1.54, 1.807) is 95.1 Å². The SMILES string of the molecule is Cc1cc(-c2cnc3c(NCCC(F)(F)F)cc(Oc4ccccc4)cn23)ccc1C(=O)NC1CC1.Cc1cc(-c2cnc3c(NCCC(F)(F)F)cc(Oc4ccccc4)cn23)ccc1C(=O)O. The third-order valence-electron chi connectivity index (χ3n) is 11.0. The van der Waals surface area contributed by atoms with E-state index in [1.165, 1.54) is 6.07 Å². The first-order valence-electron chi connectivity index (χ1n) is 21.8. The average Bonchev–Trinajstić information content (AvgIpc) is 3.84. The number of benzene rings is 4. The summed E-state index contributed by atoms with van der Waals surface area (Å²) in [7, 11) is 0. The van der Waals surface area contributed by atoms with Crippen molar-refractivity contribution < 1.29 is 50.5 Å². The van der Waals surface area contributed by atoms with Crippen LogP contribution in [-0.2, 0) is 0 Å². The minimum atomic E-state index is -4.29. The smallest absolute Gasteiger partial charge is 0.390 e. The van der Waals surface area contributed by atoms with Gasteiger partial charge < -0.3 is 30.5 Å². The minimum Gasteiger partial charge on any atom is -0.478 e.